The van der Waals surface area contributed by atoms with E-state index in [2.05, 4.69) is 36.0 Å². The first-order chi connectivity index (χ1) is 8.06. The summed E-state index contributed by atoms with van der Waals surface area (Å²) in [4.78, 5) is 6.86. The lowest BCUT2D eigenvalue weighted by molar-refractivity contribution is 0.246. The molecule has 3 nitrogen and oxygen atoms in total. The van der Waals surface area contributed by atoms with E-state index in [0.717, 1.165) is 36.2 Å². The van der Waals surface area contributed by atoms with E-state index in [0.29, 0.717) is 5.92 Å². The molecule has 0 unspecified atom stereocenters. The number of halogens is 1. The van der Waals surface area contributed by atoms with Crippen molar-refractivity contribution in [3.8, 4) is 0 Å². The second kappa shape index (κ2) is 6.82. The van der Waals surface area contributed by atoms with Gasteiger partial charge in [0.05, 0.1) is 10.7 Å². The van der Waals surface area contributed by atoms with Gasteiger partial charge in [0.15, 0.2) is 0 Å². The van der Waals surface area contributed by atoms with E-state index >= 15 is 0 Å². The van der Waals surface area contributed by atoms with Crippen molar-refractivity contribution in [3.63, 3.8) is 0 Å². The lowest BCUT2D eigenvalue weighted by Crippen LogP contribution is -2.27. The Labute approximate surface area is 109 Å². The van der Waals surface area contributed by atoms with Crippen LogP contribution in [0.5, 0.6) is 0 Å². The summed E-state index contributed by atoms with van der Waals surface area (Å²) in [6.45, 7) is 9.50. The molecule has 0 bridgehead atoms. The van der Waals surface area contributed by atoms with Crippen LogP contribution in [0.4, 0.5) is 5.82 Å². The number of nitrogens with one attached hydrogen (secondary N) is 1. The first kappa shape index (κ1) is 14.3. The summed E-state index contributed by atoms with van der Waals surface area (Å²) in [5.74, 6) is 1.52. The highest BCUT2D eigenvalue weighted by atomic mass is 35.5. The number of nitrogens with zero attached hydrogens (tertiary/aromatic N) is 2. The van der Waals surface area contributed by atoms with Gasteiger partial charge < -0.3 is 5.32 Å². The molecule has 0 aliphatic heterocycles. The van der Waals surface area contributed by atoms with Crippen molar-refractivity contribution >= 4 is 17.4 Å². The third-order valence-corrected chi connectivity index (χ3v) is 2.96. The highest BCUT2D eigenvalue weighted by Crippen LogP contribution is 2.18. The smallest absolute Gasteiger partial charge is 0.126 e. The molecule has 0 aliphatic carbocycles. The van der Waals surface area contributed by atoms with Gasteiger partial charge in [-0.05, 0) is 24.6 Å². The minimum Gasteiger partial charge on any atom is -0.373 e. The van der Waals surface area contributed by atoms with Gasteiger partial charge in [0.2, 0.25) is 0 Å². The minimum absolute atomic E-state index is 0.654. The summed E-state index contributed by atoms with van der Waals surface area (Å²) in [7, 11) is 1.87. The molecule has 0 saturated carbocycles. The first-order valence-corrected chi connectivity index (χ1v) is 6.50. The van der Waals surface area contributed by atoms with E-state index in [9.17, 15) is 0 Å². The second-order valence-electron chi connectivity index (χ2n) is 4.60. The van der Waals surface area contributed by atoms with Gasteiger partial charge in [0.25, 0.3) is 0 Å². The lowest BCUT2D eigenvalue weighted by atomic mass is 10.2. The van der Waals surface area contributed by atoms with Crippen LogP contribution >= 0.6 is 11.6 Å². The largest absolute Gasteiger partial charge is 0.373 e. The summed E-state index contributed by atoms with van der Waals surface area (Å²) in [5, 5.41) is 3.78. The maximum atomic E-state index is 6.17. The SMILES string of the molecule is CCN(Cc1nc(NC)ccc1Cl)CC(C)C. The molecule has 1 aromatic rings. The van der Waals surface area contributed by atoms with Crippen molar-refractivity contribution in [2.45, 2.75) is 27.3 Å². The van der Waals surface area contributed by atoms with Crippen molar-refractivity contribution in [1.29, 1.82) is 0 Å². The average molecular weight is 256 g/mol. The van der Waals surface area contributed by atoms with Crippen LogP contribution in [0.15, 0.2) is 12.1 Å². The number of hydrogen-bond donors (Lipinski definition) is 1. The first-order valence-electron chi connectivity index (χ1n) is 6.12. The average Bonchev–Trinajstić information content (AvgIpc) is 2.30. The lowest BCUT2D eigenvalue weighted by Gasteiger charge is -2.22. The van der Waals surface area contributed by atoms with Crippen LogP contribution in [0.3, 0.4) is 0 Å². The Balaban J connectivity index is 2.77. The molecular formula is C13H22ClN3. The number of rotatable bonds is 6. The molecule has 96 valence electrons. The number of aromatic nitrogens is 1. The molecule has 0 atom stereocenters. The molecule has 0 radical (unpaired) electrons. The molecule has 1 heterocycles. The van der Waals surface area contributed by atoms with E-state index in [1.807, 2.05) is 19.2 Å². The highest BCUT2D eigenvalue weighted by molar-refractivity contribution is 6.31. The van der Waals surface area contributed by atoms with Crippen LogP contribution in [0, 0.1) is 5.92 Å². The predicted molar refractivity (Wildman–Crippen MR) is 74.6 cm³/mol. The summed E-state index contributed by atoms with van der Waals surface area (Å²) in [6.07, 6.45) is 0. The normalized spacial score (nSPS) is 11.2. The van der Waals surface area contributed by atoms with Crippen LogP contribution in [-0.4, -0.2) is 30.0 Å². The molecular weight excluding hydrogens is 234 g/mol. The molecule has 0 spiro atoms. The Hall–Kier alpha value is -0.800. The fourth-order valence-corrected chi connectivity index (χ4v) is 1.93. The zero-order valence-corrected chi connectivity index (χ0v) is 11.9. The van der Waals surface area contributed by atoms with Crippen molar-refractivity contribution in [2.75, 3.05) is 25.5 Å². The van der Waals surface area contributed by atoms with E-state index in [1.54, 1.807) is 0 Å². The Morgan fingerprint density at radius 3 is 2.65 bits per heavy atom. The summed E-state index contributed by atoms with van der Waals surface area (Å²) in [5.41, 5.74) is 0.945. The van der Waals surface area contributed by atoms with Gasteiger partial charge >= 0.3 is 0 Å². The van der Waals surface area contributed by atoms with Gasteiger partial charge in [-0.1, -0.05) is 32.4 Å². The Bertz CT molecular complexity index is 353. The van der Waals surface area contributed by atoms with Crippen molar-refractivity contribution in [2.24, 2.45) is 5.92 Å². The van der Waals surface area contributed by atoms with Crippen molar-refractivity contribution in [1.82, 2.24) is 9.88 Å². The zero-order valence-electron chi connectivity index (χ0n) is 11.1. The second-order valence-corrected chi connectivity index (χ2v) is 5.00. The van der Waals surface area contributed by atoms with Crippen molar-refractivity contribution < 1.29 is 0 Å². The van der Waals surface area contributed by atoms with Crippen LogP contribution < -0.4 is 5.32 Å². The molecule has 4 heteroatoms. The zero-order chi connectivity index (χ0) is 12.8. The van der Waals surface area contributed by atoms with Crippen LogP contribution in [0.1, 0.15) is 26.5 Å². The minimum atomic E-state index is 0.654. The number of pyridine rings is 1. The molecule has 1 N–H and O–H groups in total. The van der Waals surface area contributed by atoms with Gasteiger partial charge in [-0.15, -0.1) is 0 Å². The monoisotopic (exact) mass is 255 g/mol. The summed E-state index contributed by atoms with van der Waals surface area (Å²) in [6, 6.07) is 3.80. The van der Waals surface area contributed by atoms with E-state index in [-0.39, 0.29) is 0 Å². The van der Waals surface area contributed by atoms with Gasteiger partial charge in [-0.25, -0.2) is 4.98 Å². The van der Waals surface area contributed by atoms with Crippen LogP contribution in [-0.2, 0) is 6.54 Å². The van der Waals surface area contributed by atoms with Gasteiger partial charge in [0.1, 0.15) is 5.82 Å². The number of hydrogen-bond acceptors (Lipinski definition) is 3. The van der Waals surface area contributed by atoms with Gasteiger partial charge in [-0.2, -0.15) is 0 Å². The molecule has 1 aromatic heterocycles. The molecule has 0 aromatic carbocycles. The maximum absolute atomic E-state index is 6.17. The maximum Gasteiger partial charge on any atom is 0.126 e. The van der Waals surface area contributed by atoms with Gasteiger partial charge in [0, 0.05) is 20.1 Å². The Morgan fingerprint density at radius 1 is 1.41 bits per heavy atom. The molecule has 17 heavy (non-hydrogen) atoms. The fraction of sp³-hybridized carbons (Fsp3) is 0.615. The van der Waals surface area contributed by atoms with E-state index < -0.39 is 0 Å². The highest BCUT2D eigenvalue weighted by Gasteiger charge is 2.10. The Morgan fingerprint density at radius 2 is 2.12 bits per heavy atom. The molecule has 0 amide bonds. The molecule has 0 aliphatic rings. The third-order valence-electron chi connectivity index (χ3n) is 2.62. The Kier molecular flexibility index (Phi) is 5.72. The van der Waals surface area contributed by atoms with Crippen LogP contribution in [0.2, 0.25) is 5.02 Å². The van der Waals surface area contributed by atoms with Crippen LogP contribution in [0.25, 0.3) is 0 Å². The van der Waals surface area contributed by atoms with E-state index in [4.69, 9.17) is 11.6 Å². The molecule has 0 fully saturated rings. The standard InChI is InChI=1S/C13H22ClN3/c1-5-17(8-10(2)3)9-12-11(14)6-7-13(15-4)16-12/h6-7,10H,5,8-9H2,1-4H3,(H,15,16). The van der Waals surface area contributed by atoms with E-state index in [1.165, 1.54) is 0 Å². The fourth-order valence-electron chi connectivity index (χ4n) is 1.77. The quantitative estimate of drug-likeness (QED) is 0.846. The summed E-state index contributed by atoms with van der Waals surface area (Å²) >= 11 is 6.17. The topological polar surface area (TPSA) is 28.2 Å². The van der Waals surface area contributed by atoms with Crippen molar-refractivity contribution in [3.05, 3.63) is 22.8 Å². The third kappa shape index (κ3) is 4.52. The summed E-state index contributed by atoms with van der Waals surface area (Å²) < 4.78 is 0. The molecule has 1 rings (SSSR count). The molecule has 0 saturated heterocycles. The van der Waals surface area contributed by atoms with Gasteiger partial charge in [-0.3, -0.25) is 4.90 Å². The number of anilines is 1. The predicted octanol–water partition coefficient (Wildman–Crippen LogP) is 3.25.